The number of ether oxygens (including phenoxy) is 2. The molecule has 0 spiro atoms. The van der Waals surface area contributed by atoms with Crippen molar-refractivity contribution < 1.29 is 14.3 Å². The van der Waals surface area contributed by atoms with E-state index < -0.39 is 6.16 Å². The second-order valence-electron chi connectivity index (χ2n) is 3.48. The van der Waals surface area contributed by atoms with E-state index in [0.29, 0.717) is 5.02 Å². The molecule has 90 valence electrons. The number of carbonyl (C=O) groups is 1. The highest BCUT2D eigenvalue weighted by atomic mass is 35.5. The zero-order valence-electron chi connectivity index (χ0n) is 9.44. The summed E-state index contributed by atoms with van der Waals surface area (Å²) in [7, 11) is 1.26. The van der Waals surface area contributed by atoms with E-state index in [0.717, 1.165) is 16.6 Å². The Hall–Kier alpha value is -1.75. The number of fused-ring (bicyclic) bond motifs is 1. The molecule has 1 aromatic carbocycles. The Kier molecular flexibility index (Phi) is 3.19. The molecule has 1 heterocycles. The quantitative estimate of drug-likeness (QED) is 0.774. The van der Waals surface area contributed by atoms with Crippen molar-refractivity contribution in [1.82, 2.24) is 9.55 Å². The van der Waals surface area contributed by atoms with E-state index in [-0.39, 0.29) is 6.73 Å². The van der Waals surface area contributed by atoms with Gasteiger partial charge in [0.15, 0.2) is 6.73 Å². The molecule has 0 N–H and O–H groups in total. The maximum atomic E-state index is 10.9. The summed E-state index contributed by atoms with van der Waals surface area (Å²) in [6.07, 6.45) is 0.864. The van der Waals surface area contributed by atoms with Gasteiger partial charge in [-0.15, -0.1) is 0 Å². The van der Waals surface area contributed by atoms with E-state index in [1.807, 2.05) is 13.0 Å². The van der Waals surface area contributed by atoms with Crippen molar-refractivity contribution in [3.63, 3.8) is 0 Å². The summed E-state index contributed by atoms with van der Waals surface area (Å²) in [5.74, 6) is 0. The highest BCUT2D eigenvalue weighted by molar-refractivity contribution is 6.32. The largest absolute Gasteiger partial charge is 0.509 e. The molecule has 0 saturated carbocycles. The average Bonchev–Trinajstić information content (AvgIpc) is 2.74. The molecule has 0 saturated heterocycles. The van der Waals surface area contributed by atoms with Crippen LogP contribution in [0.4, 0.5) is 4.79 Å². The van der Waals surface area contributed by atoms with Gasteiger partial charge in [0.05, 0.1) is 24.5 Å². The molecule has 5 nitrogen and oxygen atoms in total. The normalized spacial score (nSPS) is 10.5. The molecular weight excluding hydrogens is 244 g/mol. The predicted molar refractivity (Wildman–Crippen MR) is 63.0 cm³/mol. The first-order valence-electron chi connectivity index (χ1n) is 4.94. The minimum Gasteiger partial charge on any atom is -0.438 e. The van der Waals surface area contributed by atoms with E-state index in [4.69, 9.17) is 16.3 Å². The molecule has 0 aliphatic rings. The molecule has 1 aromatic heterocycles. The number of hydrogen-bond acceptors (Lipinski definition) is 4. The molecule has 0 fully saturated rings. The third kappa shape index (κ3) is 2.19. The molecule has 2 rings (SSSR count). The van der Waals surface area contributed by atoms with Gasteiger partial charge < -0.3 is 9.47 Å². The van der Waals surface area contributed by atoms with Crippen LogP contribution in [-0.2, 0) is 16.2 Å². The summed E-state index contributed by atoms with van der Waals surface area (Å²) >= 11 is 6.03. The highest BCUT2D eigenvalue weighted by Crippen LogP contribution is 2.24. The number of imidazole rings is 1. The fourth-order valence-corrected chi connectivity index (χ4v) is 1.75. The number of nitrogens with zero attached hydrogens (tertiary/aromatic N) is 2. The molecule has 0 amide bonds. The minimum absolute atomic E-state index is 0.0460. The number of halogens is 1. The highest BCUT2D eigenvalue weighted by Gasteiger charge is 2.09. The van der Waals surface area contributed by atoms with Gasteiger partial charge >= 0.3 is 6.16 Å². The average molecular weight is 255 g/mol. The predicted octanol–water partition coefficient (Wildman–Crippen LogP) is 2.74. The molecule has 17 heavy (non-hydrogen) atoms. The number of aryl methyl sites for hydroxylation is 1. The first-order chi connectivity index (χ1) is 8.13. The van der Waals surface area contributed by atoms with Gasteiger partial charge in [0.1, 0.15) is 0 Å². The van der Waals surface area contributed by atoms with Crippen LogP contribution in [0.2, 0.25) is 5.02 Å². The van der Waals surface area contributed by atoms with Crippen LogP contribution in [0.1, 0.15) is 5.56 Å². The Morgan fingerprint density at radius 1 is 1.53 bits per heavy atom. The van der Waals surface area contributed by atoms with E-state index >= 15 is 0 Å². The molecular formula is C11H11ClN2O3. The SMILES string of the molecule is COC(=O)OCn1cnc2ccc(Cl)c(C)c21. The van der Waals surface area contributed by atoms with Crippen LogP contribution in [0.5, 0.6) is 0 Å². The Balaban J connectivity index is 2.35. The van der Waals surface area contributed by atoms with Gasteiger partial charge in [0, 0.05) is 5.02 Å². The van der Waals surface area contributed by atoms with Crippen LogP contribution in [0.25, 0.3) is 11.0 Å². The van der Waals surface area contributed by atoms with Crippen LogP contribution >= 0.6 is 11.6 Å². The smallest absolute Gasteiger partial charge is 0.438 e. The standard InChI is InChI=1S/C11H11ClN2O3/c1-7-8(12)3-4-9-10(7)14(5-13-9)6-17-11(15)16-2/h3-5H,6H2,1-2H3. The molecule has 6 heteroatoms. The Labute approximate surface area is 103 Å². The number of rotatable bonds is 2. The van der Waals surface area contributed by atoms with E-state index in [2.05, 4.69) is 9.72 Å². The van der Waals surface area contributed by atoms with Crippen molar-refractivity contribution in [1.29, 1.82) is 0 Å². The summed E-state index contributed by atoms with van der Waals surface area (Å²) < 4.78 is 11.0. The van der Waals surface area contributed by atoms with Crippen molar-refractivity contribution in [3.05, 3.63) is 29.0 Å². The van der Waals surface area contributed by atoms with Gasteiger partial charge in [-0.3, -0.25) is 4.57 Å². The van der Waals surface area contributed by atoms with E-state index in [1.165, 1.54) is 7.11 Å². The lowest BCUT2D eigenvalue weighted by atomic mass is 10.2. The van der Waals surface area contributed by atoms with Crippen LogP contribution in [0.15, 0.2) is 18.5 Å². The van der Waals surface area contributed by atoms with Crippen molar-refractivity contribution in [2.75, 3.05) is 7.11 Å². The first-order valence-corrected chi connectivity index (χ1v) is 5.32. The number of benzene rings is 1. The van der Waals surface area contributed by atoms with Crippen LogP contribution in [-0.4, -0.2) is 22.8 Å². The van der Waals surface area contributed by atoms with Crippen molar-refractivity contribution in [2.45, 2.75) is 13.7 Å². The number of hydrogen-bond donors (Lipinski definition) is 0. The Morgan fingerprint density at radius 3 is 3.00 bits per heavy atom. The van der Waals surface area contributed by atoms with Crippen molar-refractivity contribution in [3.8, 4) is 0 Å². The lowest BCUT2D eigenvalue weighted by molar-refractivity contribution is 0.0498. The van der Waals surface area contributed by atoms with Crippen LogP contribution in [0, 0.1) is 6.92 Å². The molecule has 0 unspecified atom stereocenters. The zero-order chi connectivity index (χ0) is 12.4. The Bertz CT molecular complexity index is 565. The maximum Gasteiger partial charge on any atom is 0.509 e. The monoisotopic (exact) mass is 254 g/mol. The third-order valence-electron chi connectivity index (χ3n) is 2.46. The Morgan fingerprint density at radius 2 is 2.29 bits per heavy atom. The molecule has 0 aliphatic heterocycles. The van der Waals surface area contributed by atoms with Gasteiger partial charge in [-0.25, -0.2) is 9.78 Å². The lowest BCUT2D eigenvalue weighted by Crippen LogP contribution is -2.08. The second-order valence-corrected chi connectivity index (χ2v) is 3.89. The van der Waals surface area contributed by atoms with Crippen molar-refractivity contribution in [2.24, 2.45) is 0 Å². The zero-order valence-corrected chi connectivity index (χ0v) is 10.2. The fraction of sp³-hybridized carbons (Fsp3) is 0.273. The molecule has 0 aliphatic carbocycles. The number of methoxy groups -OCH3 is 1. The van der Waals surface area contributed by atoms with Crippen molar-refractivity contribution >= 4 is 28.8 Å². The summed E-state index contributed by atoms with van der Waals surface area (Å²) in [6.45, 7) is 1.94. The lowest BCUT2D eigenvalue weighted by Gasteiger charge is -2.07. The number of aromatic nitrogens is 2. The molecule has 0 bridgehead atoms. The topological polar surface area (TPSA) is 53.4 Å². The fourth-order valence-electron chi connectivity index (χ4n) is 1.60. The van der Waals surface area contributed by atoms with Crippen LogP contribution in [0.3, 0.4) is 0 Å². The number of carbonyl (C=O) groups excluding carboxylic acids is 1. The molecule has 0 radical (unpaired) electrons. The third-order valence-corrected chi connectivity index (χ3v) is 2.86. The van der Waals surface area contributed by atoms with Gasteiger partial charge in [0.2, 0.25) is 0 Å². The minimum atomic E-state index is -0.730. The van der Waals surface area contributed by atoms with Gasteiger partial charge in [0.25, 0.3) is 0 Å². The van der Waals surface area contributed by atoms with Gasteiger partial charge in [-0.05, 0) is 24.6 Å². The van der Waals surface area contributed by atoms with Gasteiger partial charge in [-0.2, -0.15) is 0 Å². The van der Waals surface area contributed by atoms with Gasteiger partial charge in [-0.1, -0.05) is 11.6 Å². The summed E-state index contributed by atoms with van der Waals surface area (Å²) in [6, 6.07) is 3.61. The maximum absolute atomic E-state index is 10.9. The van der Waals surface area contributed by atoms with E-state index in [9.17, 15) is 4.79 Å². The molecule has 0 atom stereocenters. The summed E-state index contributed by atoms with van der Waals surface area (Å²) in [5, 5.41) is 0.650. The second kappa shape index (κ2) is 4.63. The summed E-state index contributed by atoms with van der Waals surface area (Å²) in [4.78, 5) is 15.1. The van der Waals surface area contributed by atoms with E-state index in [1.54, 1.807) is 17.0 Å². The van der Waals surface area contributed by atoms with Crippen LogP contribution < -0.4 is 0 Å². The molecule has 2 aromatic rings. The summed E-state index contributed by atoms with van der Waals surface area (Å²) in [5.41, 5.74) is 2.55. The first kappa shape index (κ1) is 11.7.